The molecule has 1 rings (SSSR count). The van der Waals surface area contributed by atoms with Crippen molar-refractivity contribution in [3.8, 4) is 0 Å². The molecule has 0 N–H and O–H groups in total. The Morgan fingerprint density at radius 1 is 1.36 bits per heavy atom. The lowest BCUT2D eigenvalue weighted by molar-refractivity contribution is 1.66. The second-order valence-electron chi connectivity index (χ2n) is 2.06. The molecule has 0 radical (unpaired) electrons. The minimum absolute atomic E-state index is 1.16. The predicted octanol–water partition coefficient (Wildman–Crippen LogP) is 3.74. The van der Waals surface area contributed by atoms with Crippen LogP contribution in [0.4, 0.5) is 0 Å². The third kappa shape index (κ3) is 3.12. The van der Waals surface area contributed by atoms with E-state index in [1.165, 1.54) is 5.56 Å². The van der Waals surface area contributed by atoms with Gasteiger partial charge >= 0.3 is 0 Å². The van der Waals surface area contributed by atoms with Crippen LogP contribution < -0.4 is 0 Å². The van der Waals surface area contributed by atoms with Crippen molar-refractivity contribution in [3.05, 3.63) is 39.7 Å². The van der Waals surface area contributed by atoms with Crippen LogP contribution in [0.1, 0.15) is 5.56 Å². The Morgan fingerprint density at radius 3 is 2.55 bits per heavy atom. The lowest BCUT2D eigenvalue weighted by atomic mass is 10.2. The quantitative estimate of drug-likeness (QED) is 0.744. The Hall–Kier alpha value is -0.210. The van der Waals surface area contributed by atoms with Crippen LogP contribution in [-0.4, -0.2) is 6.26 Å². The van der Waals surface area contributed by atoms with Gasteiger partial charge in [0.2, 0.25) is 0 Å². The van der Waals surface area contributed by atoms with E-state index in [4.69, 9.17) is 0 Å². The maximum atomic E-state index is 3.44. The molecule has 0 unspecified atom stereocenters. The highest BCUT2D eigenvalue weighted by molar-refractivity contribution is 9.14. The van der Waals surface area contributed by atoms with Gasteiger partial charge in [0.25, 0.3) is 0 Å². The lowest BCUT2D eigenvalue weighted by Gasteiger charge is -1.93. The summed E-state index contributed by atoms with van der Waals surface area (Å²) in [5.74, 6) is 0. The molecule has 0 nitrogen and oxygen atoms in total. The molecule has 0 heterocycles. The Kier molecular flexibility index (Phi) is 3.73. The first-order valence-electron chi connectivity index (χ1n) is 3.29. The number of benzene rings is 1. The first-order chi connectivity index (χ1) is 5.33. The van der Waals surface area contributed by atoms with Crippen molar-refractivity contribution in [2.75, 3.05) is 6.26 Å². The summed E-state index contributed by atoms with van der Waals surface area (Å²) in [6, 6.07) is 10.2. The highest BCUT2D eigenvalue weighted by Crippen LogP contribution is 2.21. The average Bonchev–Trinajstić information content (AvgIpc) is 2.06. The van der Waals surface area contributed by atoms with Gasteiger partial charge in [0.05, 0.1) is 3.81 Å². The zero-order chi connectivity index (χ0) is 8.10. The van der Waals surface area contributed by atoms with Gasteiger partial charge in [-0.1, -0.05) is 30.3 Å². The van der Waals surface area contributed by atoms with Crippen LogP contribution in [-0.2, 0) is 0 Å². The molecule has 0 spiro atoms. The molecule has 0 bridgehead atoms. The maximum absolute atomic E-state index is 3.44. The molecule has 0 fully saturated rings. The Balaban J connectivity index is 2.79. The first-order valence-corrected chi connectivity index (χ1v) is 5.31. The van der Waals surface area contributed by atoms with Crippen LogP contribution in [0, 0.1) is 0 Å². The molecular formula is C9H9BrS. The minimum atomic E-state index is 1.16. The first kappa shape index (κ1) is 8.88. The van der Waals surface area contributed by atoms with E-state index in [2.05, 4.69) is 34.1 Å². The van der Waals surface area contributed by atoms with E-state index >= 15 is 0 Å². The summed E-state index contributed by atoms with van der Waals surface area (Å²) < 4.78 is 1.16. The van der Waals surface area contributed by atoms with Crippen LogP contribution in [0.5, 0.6) is 0 Å². The van der Waals surface area contributed by atoms with Crippen molar-refractivity contribution in [3.63, 3.8) is 0 Å². The van der Waals surface area contributed by atoms with E-state index in [-0.39, 0.29) is 0 Å². The van der Waals surface area contributed by atoms with Crippen molar-refractivity contribution < 1.29 is 0 Å². The summed E-state index contributed by atoms with van der Waals surface area (Å²) in [6.45, 7) is 0. The van der Waals surface area contributed by atoms with Crippen molar-refractivity contribution >= 4 is 33.8 Å². The molecule has 1 aromatic carbocycles. The molecule has 58 valence electrons. The summed E-state index contributed by atoms with van der Waals surface area (Å²) >= 11 is 5.13. The van der Waals surface area contributed by atoms with Gasteiger partial charge in [-0.2, -0.15) is 0 Å². The molecule has 0 aliphatic heterocycles. The Morgan fingerprint density at radius 2 is 2.00 bits per heavy atom. The molecule has 0 amide bonds. The molecule has 0 aliphatic rings. The van der Waals surface area contributed by atoms with Gasteiger partial charge in [0, 0.05) is 0 Å². The number of thioether (sulfide) groups is 1. The molecule has 2 heteroatoms. The summed E-state index contributed by atoms with van der Waals surface area (Å²) in [7, 11) is 0. The number of hydrogen-bond donors (Lipinski definition) is 0. The Bertz CT molecular complexity index is 241. The normalized spacial score (nSPS) is 11.6. The van der Waals surface area contributed by atoms with Crippen LogP contribution in [0.2, 0.25) is 0 Å². The van der Waals surface area contributed by atoms with Gasteiger partial charge < -0.3 is 0 Å². The molecular weight excluding hydrogens is 220 g/mol. The number of halogens is 1. The van der Waals surface area contributed by atoms with Gasteiger partial charge in [-0.05, 0) is 33.8 Å². The highest BCUT2D eigenvalue weighted by Gasteiger charge is 1.87. The molecule has 0 atom stereocenters. The SMILES string of the molecule is CSC(Br)=Cc1ccccc1. The van der Waals surface area contributed by atoms with Gasteiger partial charge in [0.15, 0.2) is 0 Å². The van der Waals surface area contributed by atoms with Crippen molar-refractivity contribution in [2.45, 2.75) is 0 Å². The monoisotopic (exact) mass is 228 g/mol. The topological polar surface area (TPSA) is 0 Å². The second-order valence-corrected chi connectivity index (χ2v) is 4.29. The molecule has 0 aliphatic carbocycles. The van der Waals surface area contributed by atoms with Crippen molar-refractivity contribution in [2.24, 2.45) is 0 Å². The van der Waals surface area contributed by atoms with E-state index in [9.17, 15) is 0 Å². The van der Waals surface area contributed by atoms with E-state index < -0.39 is 0 Å². The van der Waals surface area contributed by atoms with E-state index in [0.29, 0.717) is 0 Å². The summed E-state index contributed by atoms with van der Waals surface area (Å²) in [5.41, 5.74) is 1.23. The zero-order valence-corrected chi connectivity index (χ0v) is 8.65. The van der Waals surface area contributed by atoms with Crippen LogP contribution in [0.15, 0.2) is 34.1 Å². The van der Waals surface area contributed by atoms with Gasteiger partial charge in [0.1, 0.15) is 0 Å². The molecule has 1 aromatic rings. The van der Waals surface area contributed by atoms with Gasteiger partial charge in [-0.15, -0.1) is 11.8 Å². The fourth-order valence-corrected chi connectivity index (χ4v) is 1.26. The third-order valence-corrected chi connectivity index (χ3v) is 2.98. The van der Waals surface area contributed by atoms with Crippen LogP contribution in [0.25, 0.3) is 6.08 Å². The fourth-order valence-electron chi connectivity index (χ4n) is 0.739. The summed E-state index contributed by atoms with van der Waals surface area (Å²) in [5, 5.41) is 0. The summed E-state index contributed by atoms with van der Waals surface area (Å²) in [6.07, 6.45) is 4.15. The van der Waals surface area contributed by atoms with Crippen molar-refractivity contribution in [1.82, 2.24) is 0 Å². The fraction of sp³-hybridized carbons (Fsp3) is 0.111. The smallest absolute Gasteiger partial charge is 0.0506 e. The highest BCUT2D eigenvalue weighted by atomic mass is 79.9. The Labute approximate surface area is 79.8 Å². The molecule has 11 heavy (non-hydrogen) atoms. The molecule has 0 saturated heterocycles. The minimum Gasteiger partial charge on any atom is -0.122 e. The predicted molar refractivity (Wildman–Crippen MR) is 56.9 cm³/mol. The molecule has 0 saturated carbocycles. The van der Waals surface area contributed by atoms with Crippen molar-refractivity contribution in [1.29, 1.82) is 0 Å². The van der Waals surface area contributed by atoms with E-state index in [0.717, 1.165) is 3.81 Å². The second kappa shape index (κ2) is 4.62. The largest absolute Gasteiger partial charge is 0.122 e. The van der Waals surface area contributed by atoms with E-state index in [1.54, 1.807) is 11.8 Å². The lowest BCUT2D eigenvalue weighted by Crippen LogP contribution is -1.68. The van der Waals surface area contributed by atoms with Gasteiger partial charge in [-0.25, -0.2) is 0 Å². The molecule has 0 aromatic heterocycles. The zero-order valence-electron chi connectivity index (χ0n) is 6.25. The summed E-state index contributed by atoms with van der Waals surface area (Å²) in [4.78, 5) is 0. The third-order valence-electron chi connectivity index (χ3n) is 1.27. The van der Waals surface area contributed by atoms with Crippen LogP contribution in [0.3, 0.4) is 0 Å². The number of hydrogen-bond acceptors (Lipinski definition) is 1. The maximum Gasteiger partial charge on any atom is 0.0506 e. The number of rotatable bonds is 2. The average molecular weight is 229 g/mol. The van der Waals surface area contributed by atoms with E-state index in [1.807, 2.05) is 24.5 Å². The van der Waals surface area contributed by atoms with Crippen LogP contribution >= 0.6 is 27.7 Å². The standard InChI is InChI=1S/C9H9BrS/c1-11-9(10)7-8-5-3-2-4-6-8/h2-7H,1H3. The van der Waals surface area contributed by atoms with Gasteiger partial charge in [-0.3, -0.25) is 0 Å².